The van der Waals surface area contributed by atoms with Gasteiger partial charge < -0.3 is 9.80 Å². The smallest absolute Gasteiger partial charge is 0.150 e. The van der Waals surface area contributed by atoms with Crippen LogP contribution in [0.5, 0.6) is 0 Å². The van der Waals surface area contributed by atoms with E-state index in [0.717, 1.165) is 13.1 Å². The van der Waals surface area contributed by atoms with Crippen molar-refractivity contribution in [3.05, 3.63) is 29.6 Å². The average molecular weight is 252 g/mol. The van der Waals surface area contributed by atoms with Crippen molar-refractivity contribution >= 4 is 12.0 Å². The second-order valence-electron chi connectivity index (χ2n) is 4.73. The van der Waals surface area contributed by atoms with Crippen LogP contribution in [0.4, 0.5) is 10.1 Å². The van der Waals surface area contributed by atoms with Crippen LogP contribution < -0.4 is 4.90 Å². The first-order valence-corrected chi connectivity index (χ1v) is 6.15. The van der Waals surface area contributed by atoms with E-state index >= 15 is 0 Å². The normalized spacial score (nSPS) is 12.6. The summed E-state index contributed by atoms with van der Waals surface area (Å²) in [6.07, 6.45) is 0.659. The Morgan fingerprint density at radius 3 is 2.50 bits per heavy atom. The number of likely N-dealkylation sites (N-methyl/N-ethyl adjacent to an activating group) is 2. The van der Waals surface area contributed by atoms with Crippen molar-refractivity contribution in [2.24, 2.45) is 0 Å². The van der Waals surface area contributed by atoms with E-state index in [1.165, 1.54) is 6.07 Å². The minimum atomic E-state index is -0.341. The highest BCUT2D eigenvalue weighted by Gasteiger charge is 2.17. The van der Waals surface area contributed by atoms with Gasteiger partial charge in [0.2, 0.25) is 0 Å². The fourth-order valence-electron chi connectivity index (χ4n) is 2.18. The molecule has 18 heavy (non-hydrogen) atoms. The van der Waals surface area contributed by atoms with Crippen LogP contribution in [-0.2, 0) is 0 Å². The highest BCUT2D eigenvalue weighted by molar-refractivity contribution is 5.76. The lowest BCUT2D eigenvalue weighted by Crippen LogP contribution is -2.40. The molecule has 0 amide bonds. The molecule has 0 saturated carbocycles. The number of hydrogen-bond acceptors (Lipinski definition) is 3. The maximum absolute atomic E-state index is 14.0. The largest absolute Gasteiger partial charge is 0.365 e. The number of aldehydes is 1. The van der Waals surface area contributed by atoms with Gasteiger partial charge in [-0.3, -0.25) is 4.79 Å². The van der Waals surface area contributed by atoms with Gasteiger partial charge in [0.25, 0.3) is 0 Å². The third-order valence-electron chi connectivity index (χ3n) is 2.92. The third-order valence-corrected chi connectivity index (χ3v) is 2.92. The quantitative estimate of drug-likeness (QED) is 0.726. The molecule has 100 valence electrons. The van der Waals surface area contributed by atoms with Gasteiger partial charge in [-0.15, -0.1) is 0 Å². The molecule has 0 radical (unpaired) electrons. The van der Waals surface area contributed by atoms with Gasteiger partial charge in [-0.1, -0.05) is 0 Å². The Labute approximate surface area is 108 Å². The van der Waals surface area contributed by atoms with Crippen molar-refractivity contribution in [3.63, 3.8) is 0 Å². The van der Waals surface area contributed by atoms with Gasteiger partial charge in [0.15, 0.2) is 0 Å². The lowest BCUT2D eigenvalue weighted by Gasteiger charge is -2.32. The SMILES string of the molecule is CCN(c1ccc(C=O)cc1F)C(C)CN(C)C. The predicted molar refractivity (Wildman–Crippen MR) is 72.8 cm³/mol. The molecule has 0 saturated heterocycles. The van der Waals surface area contributed by atoms with Crippen molar-refractivity contribution in [2.45, 2.75) is 19.9 Å². The molecule has 1 rings (SSSR count). The number of nitrogens with zero attached hydrogens (tertiary/aromatic N) is 2. The van der Waals surface area contributed by atoms with Gasteiger partial charge in [0.1, 0.15) is 12.1 Å². The first kappa shape index (κ1) is 14.6. The molecule has 0 bridgehead atoms. The molecule has 0 fully saturated rings. The first-order chi connectivity index (χ1) is 8.49. The zero-order valence-electron chi connectivity index (χ0n) is 11.5. The van der Waals surface area contributed by atoms with Crippen molar-refractivity contribution in [1.29, 1.82) is 0 Å². The van der Waals surface area contributed by atoms with E-state index in [-0.39, 0.29) is 11.9 Å². The van der Waals surface area contributed by atoms with E-state index in [1.54, 1.807) is 12.1 Å². The maximum Gasteiger partial charge on any atom is 0.150 e. The lowest BCUT2D eigenvalue weighted by atomic mass is 10.1. The second-order valence-corrected chi connectivity index (χ2v) is 4.73. The van der Waals surface area contributed by atoms with Crippen molar-refractivity contribution in [3.8, 4) is 0 Å². The molecule has 0 heterocycles. The van der Waals surface area contributed by atoms with Crippen molar-refractivity contribution in [1.82, 2.24) is 4.90 Å². The summed E-state index contributed by atoms with van der Waals surface area (Å²) in [5.41, 5.74) is 0.921. The average Bonchev–Trinajstić information content (AvgIpc) is 2.31. The van der Waals surface area contributed by atoms with Gasteiger partial charge in [0, 0.05) is 24.7 Å². The van der Waals surface area contributed by atoms with E-state index in [0.29, 0.717) is 17.5 Å². The highest BCUT2D eigenvalue weighted by atomic mass is 19.1. The number of hydrogen-bond donors (Lipinski definition) is 0. The Morgan fingerprint density at radius 1 is 1.39 bits per heavy atom. The van der Waals surface area contributed by atoms with Crippen LogP contribution in [0.2, 0.25) is 0 Å². The molecule has 0 spiro atoms. The van der Waals surface area contributed by atoms with E-state index in [9.17, 15) is 9.18 Å². The molecule has 1 atom stereocenters. The monoisotopic (exact) mass is 252 g/mol. The Hall–Kier alpha value is -1.42. The number of carbonyl (C=O) groups is 1. The van der Waals surface area contributed by atoms with E-state index < -0.39 is 0 Å². The summed E-state index contributed by atoms with van der Waals surface area (Å²) >= 11 is 0. The van der Waals surface area contributed by atoms with Gasteiger partial charge in [0.05, 0.1) is 5.69 Å². The summed E-state index contributed by atoms with van der Waals surface area (Å²) in [6.45, 7) is 5.64. The zero-order valence-corrected chi connectivity index (χ0v) is 11.5. The molecule has 0 aliphatic heterocycles. The van der Waals surface area contributed by atoms with Gasteiger partial charge in [-0.25, -0.2) is 4.39 Å². The fourth-order valence-corrected chi connectivity index (χ4v) is 2.18. The highest BCUT2D eigenvalue weighted by Crippen LogP contribution is 2.22. The number of carbonyl (C=O) groups excluding carboxylic acids is 1. The van der Waals surface area contributed by atoms with Crippen molar-refractivity contribution in [2.75, 3.05) is 32.1 Å². The summed E-state index contributed by atoms with van der Waals surface area (Å²) in [6, 6.07) is 4.82. The summed E-state index contributed by atoms with van der Waals surface area (Å²) in [5.74, 6) is -0.341. The molecule has 0 aromatic heterocycles. The van der Waals surface area contributed by atoms with Gasteiger partial charge in [-0.05, 0) is 46.1 Å². The van der Waals surface area contributed by atoms with Gasteiger partial charge >= 0.3 is 0 Å². The summed E-state index contributed by atoms with van der Waals surface area (Å²) < 4.78 is 14.0. The molecule has 0 N–H and O–H groups in total. The fraction of sp³-hybridized carbons (Fsp3) is 0.500. The Kier molecular flexibility index (Phi) is 5.28. The third kappa shape index (κ3) is 3.53. The van der Waals surface area contributed by atoms with Crippen LogP contribution in [-0.4, -0.2) is 44.4 Å². The molecular weight excluding hydrogens is 231 g/mol. The van der Waals surface area contributed by atoms with Crippen LogP contribution in [0.25, 0.3) is 0 Å². The molecule has 1 aromatic rings. The first-order valence-electron chi connectivity index (χ1n) is 6.15. The molecule has 1 unspecified atom stereocenters. The number of rotatable bonds is 6. The topological polar surface area (TPSA) is 23.6 Å². The van der Waals surface area contributed by atoms with Crippen molar-refractivity contribution < 1.29 is 9.18 Å². The van der Waals surface area contributed by atoms with Crippen LogP contribution >= 0.6 is 0 Å². The maximum atomic E-state index is 14.0. The Balaban J connectivity index is 2.97. The van der Waals surface area contributed by atoms with Crippen LogP contribution in [0.15, 0.2) is 18.2 Å². The predicted octanol–water partition coefficient (Wildman–Crippen LogP) is 2.41. The van der Waals surface area contributed by atoms with Crippen LogP contribution in [0.1, 0.15) is 24.2 Å². The summed E-state index contributed by atoms with van der Waals surface area (Å²) in [7, 11) is 3.99. The van der Waals surface area contributed by atoms with Gasteiger partial charge in [-0.2, -0.15) is 0 Å². The molecule has 0 aliphatic rings. The standard InChI is InChI=1S/C14H21FN2O/c1-5-17(11(2)9-16(3)4)14-7-6-12(10-18)8-13(14)15/h6-8,10-11H,5,9H2,1-4H3. The molecule has 3 nitrogen and oxygen atoms in total. The van der Waals surface area contributed by atoms with E-state index in [1.807, 2.05) is 25.9 Å². The Morgan fingerprint density at radius 2 is 2.06 bits per heavy atom. The second kappa shape index (κ2) is 6.50. The molecule has 1 aromatic carbocycles. The lowest BCUT2D eigenvalue weighted by molar-refractivity contribution is 0.112. The van der Waals surface area contributed by atoms with E-state index in [4.69, 9.17) is 0 Å². The summed E-state index contributed by atoms with van der Waals surface area (Å²) in [4.78, 5) is 14.7. The van der Waals surface area contributed by atoms with Crippen LogP contribution in [0, 0.1) is 5.82 Å². The zero-order chi connectivity index (χ0) is 13.7. The van der Waals surface area contributed by atoms with Crippen LogP contribution in [0.3, 0.4) is 0 Å². The number of anilines is 1. The minimum absolute atomic E-state index is 0.210. The molecule has 0 aliphatic carbocycles. The molecule has 4 heteroatoms. The van der Waals surface area contributed by atoms with E-state index in [2.05, 4.69) is 11.8 Å². The number of halogens is 1. The summed E-state index contributed by atoms with van der Waals surface area (Å²) in [5, 5.41) is 0. The minimum Gasteiger partial charge on any atom is -0.365 e. The number of benzene rings is 1. The Bertz CT molecular complexity index is 407. The molecular formula is C14H21FN2O.